The number of primary amides is 1. The van der Waals surface area contributed by atoms with Gasteiger partial charge in [-0.1, -0.05) is 54.6 Å². The minimum atomic E-state index is -3.40. The second-order valence-corrected chi connectivity index (χ2v) is 9.24. The van der Waals surface area contributed by atoms with Crippen LogP contribution in [-0.2, 0) is 33.9 Å². The number of fused-ring (bicyclic) bond motifs is 1. The van der Waals surface area contributed by atoms with Crippen molar-refractivity contribution in [3.63, 3.8) is 0 Å². The van der Waals surface area contributed by atoms with Crippen LogP contribution in [0.2, 0.25) is 0 Å². The molecule has 0 saturated heterocycles. The van der Waals surface area contributed by atoms with Crippen LogP contribution in [0, 0.1) is 0 Å². The maximum atomic E-state index is 12.8. The van der Waals surface area contributed by atoms with Gasteiger partial charge in [0.1, 0.15) is 4.90 Å². The van der Waals surface area contributed by atoms with Crippen LogP contribution in [0.4, 0.5) is 0 Å². The lowest BCUT2D eigenvalue weighted by atomic mass is 10.0. The minimum absolute atomic E-state index is 0.124. The van der Waals surface area contributed by atoms with Gasteiger partial charge in [0, 0.05) is 12.0 Å². The van der Waals surface area contributed by atoms with Crippen LogP contribution in [0.25, 0.3) is 11.4 Å². The van der Waals surface area contributed by atoms with Gasteiger partial charge in [-0.25, -0.2) is 18.4 Å². The van der Waals surface area contributed by atoms with Crippen molar-refractivity contribution < 1.29 is 13.2 Å². The van der Waals surface area contributed by atoms with Gasteiger partial charge in [-0.3, -0.25) is 4.79 Å². The zero-order valence-corrected chi connectivity index (χ0v) is 16.7. The SMILES string of the molecule is NC(=O)Cc1ccc(Cc2nc(-c3ccccc3)nc3c2S(=O)(=O)CCC3)cc1. The molecule has 2 aromatic carbocycles. The number of rotatable bonds is 5. The molecule has 0 bridgehead atoms. The second kappa shape index (κ2) is 7.75. The first-order valence-corrected chi connectivity index (χ1v) is 11.1. The maximum absolute atomic E-state index is 12.8. The Labute approximate surface area is 169 Å². The molecule has 0 atom stereocenters. The monoisotopic (exact) mass is 407 g/mol. The second-order valence-electron chi connectivity index (χ2n) is 7.19. The highest BCUT2D eigenvalue weighted by atomic mass is 32.2. The third-order valence-corrected chi connectivity index (χ3v) is 6.87. The van der Waals surface area contributed by atoms with E-state index in [1.165, 1.54) is 0 Å². The first kappa shape index (κ1) is 19.3. The number of nitrogens with two attached hydrogens (primary N) is 1. The Kier molecular flexibility index (Phi) is 5.15. The number of benzene rings is 2. The van der Waals surface area contributed by atoms with E-state index in [1.54, 1.807) is 0 Å². The molecule has 3 aromatic rings. The summed E-state index contributed by atoms with van der Waals surface area (Å²) in [6.45, 7) is 0. The van der Waals surface area contributed by atoms with Crippen LogP contribution in [0.3, 0.4) is 0 Å². The van der Waals surface area contributed by atoms with Crippen molar-refractivity contribution >= 4 is 15.7 Å². The van der Waals surface area contributed by atoms with Crippen LogP contribution < -0.4 is 5.73 Å². The molecule has 4 rings (SSSR count). The van der Waals surface area contributed by atoms with Gasteiger partial charge in [-0.05, 0) is 24.0 Å². The fourth-order valence-electron chi connectivity index (χ4n) is 3.61. The van der Waals surface area contributed by atoms with Gasteiger partial charge < -0.3 is 5.73 Å². The van der Waals surface area contributed by atoms with Crippen molar-refractivity contribution in [2.24, 2.45) is 5.73 Å². The summed E-state index contributed by atoms with van der Waals surface area (Å²) in [6.07, 6.45) is 1.75. The number of amides is 1. The number of carbonyl (C=O) groups excluding carboxylic acids is 1. The molecular formula is C22H21N3O3S. The Hall–Kier alpha value is -3.06. The topological polar surface area (TPSA) is 103 Å². The summed E-state index contributed by atoms with van der Waals surface area (Å²) in [5.74, 6) is 0.279. The average Bonchev–Trinajstić information content (AvgIpc) is 2.69. The van der Waals surface area contributed by atoms with E-state index in [-0.39, 0.29) is 23.0 Å². The van der Waals surface area contributed by atoms with Gasteiger partial charge in [-0.2, -0.15) is 0 Å². The molecule has 0 saturated carbocycles. The summed E-state index contributed by atoms with van der Waals surface area (Å²) in [5.41, 5.74) is 8.96. The molecule has 148 valence electrons. The number of aromatic nitrogens is 2. The number of carbonyl (C=O) groups is 1. The van der Waals surface area contributed by atoms with Gasteiger partial charge in [0.2, 0.25) is 5.91 Å². The molecular weight excluding hydrogens is 386 g/mol. The summed E-state index contributed by atoms with van der Waals surface area (Å²) in [5, 5.41) is 0. The Morgan fingerprint density at radius 2 is 1.66 bits per heavy atom. The quantitative estimate of drug-likeness (QED) is 0.700. The van der Waals surface area contributed by atoms with E-state index in [9.17, 15) is 13.2 Å². The number of hydrogen-bond acceptors (Lipinski definition) is 5. The first-order chi connectivity index (χ1) is 13.9. The van der Waals surface area contributed by atoms with Crippen molar-refractivity contribution in [3.05, 3.63) is 77.1 Å². The molecule has 6 nitrogen and oxygen atoms in total. The Balaban J connectivity index is 1.77. The zero-order valence-electron chi connectivity index (χ0n) is 15.8. The van der Waals surface area contributed by atoms with E-state index in [4.69, 9.17) is 5.73 Å². The van der Waals surface area contributed by atoms with Crippen LogP contribution in [0.5, 0.6) is 0 Å². The fourth-order valence-corrected chi connectivity index (χ4v) is 5.33. The summed E-state index contributed by atoms with van der Waals surface area (Å²) in [7, 11) is -3.40. The van der Waals surface area contributed by atoms with Crippen LogP contribution in [-0.4, -0.2) is 30.0 Å². The molecule has 7 heteroatoms. The highest BCUT2D eigenvalue weighted by Gasteiger charge is 2.30. The lowest BCUT2D eigenvalue weighted by Gasteiger charge is -2.19. The molecule has 2 heterocycles. The van der Waals surface area contributed by atoms with Crippen molar-refractivity contribution in [3.8, 4) is 11.4 Å². The van der Waals surface area contributed by atoms with Crippen LogP contribution >= 0.6 is 0 Å². The van der Waals surface area contributed by atoms with E-state index in [0.717, 1.165) is 16.7 Å². The Morgan fingerprint density at radius 1 is 0.966 bits per heavy atom. The molecule has 0 fully saturated rings. The zero-order chi connectivity index (χ0) is 20.4. The van der Waals surface area contributed by atoms with Gasteiger partial charge in [0.25, 0.3) is 0 Å². The van der Waals surface area contributed by atoms with E-state index < -0.39 is 9.84 Å². The standard InChI is InChI=1S/C22H21N3O3S/c23-20(26)14-16-10-8-15(9-11-16)13-19-21-18(7-4-12-29(21,27)28)24-22(25-19)17-5-2-1-3-6-17/h1-3,5-6,8-11H,4,7,12-14H2,(H2,23,26). The highest BCUT2D eigenvalue weighted by molar-refractivity contribution is 7.91. The van der Waals surface area contributed by atoms with Crippen molar-refractivity contribution in [2.75, 3.05) is 5.75 Å². The van der Waals surface area contributed by atoms with E-state index in [0.29, 0.717) is 36.5 Å². The average molecular weight is 407 g/mol. The van der Waals surface area contributed by atoms with Crippen LogP contribution in [0.1, 0.15) is 28.9 Å². The van der Waals surface area contributed by atoms with Gasteiger partial charge >= 0.3 is 0 Å². The lowest BCUT2D eigenvalue weighted by molar-refractivity contribution is -0.117. The third-order valence-electron chi connectivity index (χ3n) is 4.95. The highest BCUT2D eigenvalue weighted by Crippen LogP contribution is 2.30. The maximum Gasteiger partial charge on any atom is 0.221 e. The predicted molar refractivity (Wildman–Crippen MR) is 110 cm³/mol. The molecule has 0 spiro atoms. The first-order valence-electron chi connectivity index (χ1n) is 9.46. The Bertz CT molecular complexity index is 1160. The van der Waals surface area contributed by atoms with E-state index in [1.807, 2.05) is 54.6 Å². The summed E-state index contributed by atoms with van der Waals surface area (Å²) in [6, 6.07) is 17.0. The molecule has 2 N–H and O–H groups in total. The fraction of sp³-hybridized carbons (Fsp3) is 0.227. The summed E-state index contributed by atoms with van der Waals surface area (Å²) < 4.78 is 25.6. The third kappa shape index (κ3) is 4.19. The van der Waals surface area contributed by atoms with E-state index in [2.05, 4.69) is 9.97 Å². The van der Waals surface area contributed by atoms with Crippen molar-refractivity contribution in [1.29, 1.82) is 0 Å². The molecule has 1 aromatic heterocycles. The summed E-state index contributed by atoms with van der Waals surface area (Å²) >= 11 is 0. The van der Waals surface area contributed by atoms with Gasteiger partial charge in [-0.15, -0.1) is 0 Å². The van der Waals surface area contributed by atoms with Gasteiger partial charge in [0.05, 0.1) is 23.6 Å². The smallest absolute Gasteiger partial charge is 0.221 e. The Morgan fingerprint density at radius 3 is 2.34 bits per heavy atom. The van der Waals surface area contributed by atoms with Crippen molar-refractivity contribution in [1.82, 2.24) is 9.97 Å². The summed E-state index contributed by atoms with van der Waals surface area (Å²) in [4.78, 5) is 20.6. The number of hydrogen-bond donors (Lipinski definition) is 1. The van der Waals surface area contributed by atoms with Gasteiger partial charge in [0.15, 0.2) is 15.7 Å². The lowest BCUT2D eigenvalue weighted by Crippen LogP contribution is -2.21. The largest absolute Gasteiger partial charge is 0.369 e. The molecule has 0 radical (unpaired) electrons. The predicted octanol–water partition coefficient (Wildman–Crippen LogP) is 2.48. The molecule has 1 aliphatic heterocycles. The number of sulfone groups is 1. The molecule has 0 unspecified atom stereocenters. The molecule has 29 heavy (non-hydrogen) atoms. The normalized spacial score (nSPS) is 14.9. The molecule has 0 aliphatic carbocycles. The molecule has 1 amide bonds. The van der Waals surface area contributed by atoms with Crippen LogP contribution in [0.15, 0.2) is 59.5 Å². The van der Waals surface area contributed by atoms with E-state index >= 15 is 0 Å². The van der Waals surface area contributed by atoms with Crippen molar-refractivity contribution in [2.45, 2.75) is 30.6 Å². The molecule has 1 aliphatic rings. The minimum Gasteiger partial charge on any atom is -0.369 e. The number of aryl methyl sites for hydroxylation is 1. The number of nitrogens with zero attached hydrogens (tertiary/aromatic N) is 2.